The molecule has 2 atom stereocenters. The number of aliphatic hydroxyl groups excluding tert-OH is 1. The monoisotopic (exact) mass is 490 g/mol. The van der Waals surface area contributed by atoms with E-state index in [4.69, 9.17) is 4.74 Å². The molecule has 7 nitrogen and oxygen atoms in total. The Morgan fingerprint density at radius 2 is 1.81 bits per heavy atom. The lowest BCUT2D eigenvalue weighted by Gasteiger charge is -2.31. The predicted octanol–water partition coefficient (Wildman–Crippen LogP) is 4.11. The smallest absolute Gasteiger partial charge is 0.226 e. The van der Waals surface area contributed by atoms with Crippen LogP contribution in [0.2, 0.25) is 0 Å². The average molecular weight is 491 g/mol. The standard InChI is InChI=1S/C29H38N4O3/c1-2-21-17-30-29(31-18-21)32-14-11-22(12-15-32)20-36-27-9-7-24(8-10-27)23-3-5-25(6-4-23)28(35)33-16-13-26(34)19-33/h3,7-10,17-18,22,25-26,34H,2,4-6,11-16,19-20H2,1H3/t25?,26-/m1/s1. The van der Waals surface area contributed by atoms with Gasteiger partial charge in [0.1, 0.15) is 5.75 Å². The second kappa shape index (κ2) is 11.4. The first-order valence-corrected chi connectivity index (χ1v) is 13.5. The van der Waals surface area contributed by atoms with Crippen LogP contribution in [0.1, 0.15) is 56.6 Å². The Labute approximate surface area is 214 Å². The normalized spacial score (nSPS) is 23.0. The van der Waals surface area contributed by atoms with Gasteiger partial charge in [-0.2, -0.15) is 0 Å². The van der Waals surface area contributed by atoms with Crippen molar-refractivity contribution in [3.63, 3.8) is 0 Å². The van der Waals surface area contributed by atoms with Crippen molar-refractivity contribution in [3.05, 3.63) is 53.9 Å². The first kappa shape index (κ1) is 24.8. The first-order chi connectivity index (χ1) is 17.6. The number of ether oxygens (including phenoxy) is 1. The Bertz CT molecular complexity index is 1050. The molecule has 1 unspecified atom stereocenters. The molecule has 1 N–H and O–H groups in total. The van der Waals surface area contributed by atoms with Gasteiger partial charge in [-0.25, -0.2) is 9.97 Å². The van der Waals surface area contributed by atoms with Crippen molar-refractivity contribution >= 4 is 17.4 Å². The van der Waals surface area contributed by atoms with Gasteiger partial charge in [-0.15, -0.1) is 0 Å². The largest absolute Gasteiger partial charge is 0.493 e. The molecule has 2 aromatic rings. The van der Waals surface area contributed by atoms with E-state index in [1.165, 1.54) is 16.7 Å². The maximum absolute atomic E-state index is 12.7. The summed E-state index contributed by atoms with van der Waals surface area (Å²) in [6, 6.07) is 8.41. The van der Waals surface area contributed by atoms with Crippen molar-refractivity contribution < 1.29 is 14.6 Å². The third-order valence-electron chi connectivity index (χ3n) is 7.94. The van der Waals surface area contributed by atoms with Gasteiger partial charge in [-0.05, 0) is 79.7 Å². The summed E-state index contributed by atoms with van der Waals surface area (Å²) in [5.74, 6) is 2.55. The van der Waals surface area contributed by atoms with Gasteiger partial charge in [0, 0.05) is 44.5 Å². The van der Waals surface area contributed by atoms with Crippen LogP contribution in [-0.2, 0) is 11.2 Å². The van der Waals surface area contributed by atoms with Crippen LogP contribution in [0.5, 0.6) is 5.75 Å². The molecular formula is C29H38N4O3. The Kier molecular flexibility index (Phi) is 7.85. The molecule has 2 saturated heterocycles. The number of β-amino-alcohol motifs (C(OH)–C–C–N with tert-alkyl or cyclic N) is 1. The minimum absolute atomic E-state index is 0.0512. The van der Waals surface area contributed by atoms with Crippen molar-refractivity contribution in [1.82, 2.24) is 14.9 Å². The van der Waals surface area contributed by atoms with Gasteiger partial charge in [-0.1, -0.05) is 25.1 Å². The van der Waals surface area contributed by atoms with Gasteiger partial charge in [0.15, 0.2) is 0 Å². The van der Waals surface area contributed by atoms with Crippen LogP contribution in [0.25, 0.3) is 5.57 Å². The van der Waals surface area contributed by atoms with Crippen LogP contribution >= 0.6 is 0 Å². The summed E-state index contributed by atoms with van der Waals surface area (Å²) >= 11 is 0. The van der Waals surface area contributed by atoms with Crippen LogP contribution in [0.4, 0.5) is 5.95 Å². The SMILES string of the molecule is CCc1cnc(N2CCC(COc3ccc(C4=CCC(C(=O)N5CC[C@@H](O)C5)CC4)cc3)CC2)nc1. The lowest BCUT2D eigenvalue weighted by Crippen LogP contribution is -2.36. The minimum Gasteiger partial charge on any atom is -0.493 e. The molecule has 0 spiro atoms. The molecule has 7 heteroatoms. The van der Waals surface area contributed by atoms with E-state index in [0.29, 0.717) is 25.4 Å². The number of carbonyl (C=O) groups is 1. The van der Waals surface area contributed by atoms with E-state index < -0.39 is 0 Å². The lowest BCUT2D eigenvalue weighted by atomic mass is 9.86. The van der Waals surface area contributed by atoms with Crippen molar-refractivity contribution in [3.8, 4) is 5.75 Å². The highest BCUT2D eigenvalue weighted by atomic mass is 16.5. The van der Waals surface area contributed by atoms with Gasteiger partial charge in [-0.3, -0.25) is 4.79 Å². The van der Waals surface area contributed by atoms with Crippen LogP contribution in [0, 0.1) is 11.8 Å². The summed E-state index contributed by atoms with van der Waals surface area (Å²) in [5.41, 5.74) is 3.70. The van der Waals surface area contributed by atoms with E-state index in [1.807, 2.05) is 17.3 Å². The maximum atomic E-state index is 12.7. The Morgan fingerprint density at radius 1 is 1.06 bits per heavy atom. The first-order valence-electron chi connectivity index (χ1n) is 13.5. The second-order valence-electron chi connectivity index (χ2n) is 10.4. The number of rotatable bonds is 7. The molecule has 2 aliphatic heterocycles. The van der Waals surface area contributed by atoms with Crippen molar-refractivity contribution in [2.24, 2.45) is 11.8 Å². The Balaban J connectivity index is 1.06. The van der Waals surface area contributed by atoms with E-state index in [1.54, 1.807) is 0 Å². The zero-order chi connectivity index (χ0) is 24.9. The summed E-state index contributed by atoms with van der Waals surface area (Å²) < 4.78 is 6.13. The van der Waals surface area contributed by atoms with Gasteiger partial charge < -0.3 is 19.6 Å². The third-order valence-corrected chi connectivity index (χ3v) is 7.94. The molecule has 3 aliphatic rings. The summed E-state index contributed by atoms with van der Waals surface area (Å²) in [5, 5.41) is 9.72. The van der Waals surface area contributed by atoms with Crippen LogP contribution in [0.3, 0.4) is 0 Å². The fourth-order valence-electron chi connectivity index (χ4n) is 5.49. The molecule has 0 bridgehead atoms. The number of allylic oxidation sites excluding steroid dienone is 2. The van der Waals surface area contributed by atoms with Crippen molar-refractivity contribution in [2.75, 3.05) is 37.7 Å². The molecular weight excluding hydrogens is 452 g/mol. The number of carbonyl (C=O) groups excluding carboxylic acids is 1. The maximum Gasteiger partial charge on any atom is 0.226 e. The number of hydrogen-bond donors (Lipinski definition) is 1. The van der Waals surface area contributed by atoms with E-state index in [9.17, 15) is 9.90 Å². The highest BCUT2D eigenvalue weighted by molar-refractivity contribution is 5.81. The summed E-state index contributed by atoms with van der Waals surface area (Å²) in [7, 11) is 0. The van der Waals surface area contributed by atoms with Crippen molar-refractivity contribution in [2.45, 2.75) is 58.0 Å². The average Bonchev–Trinajstić information content (AvgIpc) is 3.38. The number of piperidine rings is 1. The molecule has 1 amide bonds. The number of aliphatic hydroxyl groups is 1. The molecule has 1 aromatic carbocycles. The lowest BCUT2D eigenvalue weighted by molar-refractivity contribution is -0.135. The van der Waals surface area contributed by atoms with E-state index in [0.717, 1.165) is 69.9 Å². The minimum atomic E-state index is -0.352. The molecule has 36 heavy (non-hydrogen) atoms. The van der Waals surface area contributed by atoms with Gasteiger partial charge in [0.25, 0.3) is 0 Å². The van der Waals surface area contributed by atoms with Gasteiger partial charge in [0.2, 0.25) is 11.9 Å². The zero-order valence-electron chi connectivity index (χ0n) is 21.3. The number of nitrogens with zero attached hydrogens (tertiary/aromatic N) is 4. The highest BCUT2D eigenvalue weighted by Gasteiger charge is 2.31. The van der Waals surface area contributed by atoms with Crippen LogP contribution in [0.15, 0.2) is 42.7 Å². The molecule has 5 rings (SSSR count). The molecule has 192 valence electrons. The molecule has 1 aliphatic carbocycles. The Hall–Kier alpha value is -2.93. The number of aromatic nitrogens is 2. The van der Waals surface area contributed by atoms with E-state index >= 15 is 0 Å². The quantitative estimate of drug-likeness (QED) is 0.629. The third kappa shape index (κ3) is 5.89. The number of anilines is 1. The summed E-state index contributed by atoms with van der Waals surface area (Å²) in [6.45, 7) is 5.97. The molecule has 2 fully saturated rings. The topological polar surface area (TPSA) is 78.8 Å². The number of amides is 1. The van der Waals surface area contributed by atoms with E-state index in [-0.39, 0.29) is 17.9 Å². The number of hydrogen-bond acceptors (Lipinski definition) is 6. The summed E-state index contributed by atoms with van der Waals surface area (Å²) in [4.78, 5) is 25.9. The molecule has 1 aromatic heterocycles. The van der Waals surface area contributed by atoms with Gasteiger partial charge >= 0.3 is 0 Å². The molecule has 0 radical (unpaired) electrons. The van der Waals surface area contributed by atoms with Crippen LogP contribution < -0.4 is 9.64 Å². The Morgan fingerprint density at radius 3 is 2.42 bits per heavy atom. The van der Waals surface area contributed by atoms with E-state index in [2.05, 4.69) is 52.1 Å². The van der Waals surface area contributed by atoms with Crippen molar-refractivity contribution in [1.29, 1.82) is 0 Å². The van der Waals surface area contributed by atoms with Gasteiger partial charge in [0.05, 0.1) is 12.7 Å². The number of likely N-dealkylation sites (tertiary alicyclic amines) is 1. The number of aryl methyl sites for hydroxylation is 1. The predicted molar refractivity (Wildman–Crippen MR) is 141 cm³/mol. The number of benzene rings is 1. The highest BCUT2D eigenvalue weighted by Crippen LogP contribution is 2.33. The fourth-order valence-corrected chi connectivity index (χ4v) is 5.49. The molecule has 3 heterocycles. The summed E-state index contributed by atoms with van der Waals surface area (Å²) in [6.07, 6.45) is 12.1. The molecule has 0 saturated carbocycles. The van der Waals surface area contributed by atoms with Crippen LogP contribution in [-0.4, -0.2) is 64.8 Å². The fraction of sp³-hybridized carbons (Fsp3) is 0.552. The zero-order valence-corrected chi connectivity index (χ0v) is 21.3. The second-order valence-corrected chi connectivity index (χ2v) is 10.4.